The van der Waals surface area contributed by atoms with Gasteiger partial charge in [-0.1, -0.05) is 48.0 Å². The Morgan fingerprint density at radius 2 is 1.76 bits per heavy atom. The molecule has 0 amide bonds. The van der Waals surface area contributed by atoms with Crippen molar-refractivity contribution in [2.75, 3.05) is 33.2 Å². The maximum absolute atomic E-state index is 6.47. The maximum Gasteiger partial charge on any atom is 0.0724 e. The summed E-state index contributed by atoms with van der Waals surface area (Å²) in [6.45, 7) is 5.52. The monoisotopic (exact) mass is 351 g/mol. The average molecular weight is 352 g/mol. The SMILES string of the molecule is CN1CCN(Cc2cccc(-c3cc(Cl)c4ccccc4n3)c2)CC1. The summed E-state index contributed by atoms with van der Waals surface area (Å²) in [5.74, 6) is 0. The van der Waals surface area contributed by atoms with Crippen molar-refractivity contribution in [1.29, 1.82) is 0 Å². The molecule has 128 valence electrons. The van der Waals surface area contributed by atoms with E-state index < -0.39 is 0 Å². The van der Waals surface area contributed by atoms with E-state index in [1.807, 2.05) is 30.3 Å². The second kappa shape index (κ2) is 7.12. The molecule has 0 radical (unpaired) electrons. The molecule has 0 atom stereocenters. The van der Waals surface area contributed by atoms with Crippen LogP contribution in [-0.2, 0) is 6.54 Å². The van der Waals surface area contributed by atoms with Gasteiger partial charge in [0.1, 0.15) is 0 Å². The summed E-state index contributed by atoms with van der Waals surface area (Å²) in [5.41, 5.74) is 4.32. The molecule has 2 heterocycles. The Hall–Kier alpha value is -1.94. The lowest BCUT2D eigenvalue weighted by molar-refractivity contribution is 0.148. The number of nitrogens with zero attached hydrogens (tertiary/aromatic N) is 3. The minimum absolute atomic E-state index is 0.755. The first-order valence-corrected chi connectivity index (χ1v) is 9.12. The number of para-hydroxylation sites is 1. The van der Waals surface area contributed by atoms with Gasteiger partial charge in [-0.25, -0.2) is 4.98 Å². The zero-order chi connectivity index (χ0) is 17.2. The van der Waals surface area contributed by atoms with Crippen LogP contribution in [-0.4, -0.2) is 48.0 Å². The molecule has 0 spiro atoms. The smallest absolute Gasteiger partial charge is 0.0724 e. The molecule has 3 nitrogen and oxygen atoms in total. The van der Waals surface area contributed by atoms with Crippen LogP contribution in [0.1, 0.15) is 5.56 Å². The van der Waals surface area contributed by atoms with Crippen LogP contribution in [0.25, 0.3) is 22.2 Å². The Bertz CT molecular complexity index is 885. The summed E-state index contributed by atoms with van der Waals surface area (Å²) in [6, 6.07) is 18.7. The molecule has 2 aromatic carbocycles. The van der Waals surface area contributed by atoms with Gasteiger partial charge in [-0.2, -0.15) is 0 Å². The molecule has 4 rings (SSSR count). The molecular weight excluding hydrogens is 330 g/mol. The molecule has 1 aromatic heterocycles. The normalized spacial score (nSPS) is 16.4. The van der Waals surface area contributed by atoms with Gasteiger partial charge in [0.05, 0.1) is 16.2 Å². The van der Waals surface area contributed by atoms with Crippen LogP contribution in [0.5, 0.6) is 0 Å². The Morgan fingerprint density at radius 1 is 0.960 bits per heavy atom. The summed E-state index contributed by atoms with van der Waals surface area (Å²) in [6.07, 6.45) is 0. The van der Waals surface area contributed by atoms with Gasteiger partial charge in [0, 0.05) is 43.7 Å². The van der Waals surface area contributed by atoms with E-state index in [0.717, 1.165) is 59.9 Å². The third-order valence-electron chi connectivity index (χ3n) is 4.89. The number of aromatic nitrogens is 1. The second-order valence-electron chi connectivity index (χ2n) is 6.79. The summed E-state index contributed by atoms with van der Waals surface area (Å²) >= 11 is 6.47. The molecule has 1 saturated heterocycles. The minimum Gasteiger partial charge on any atom is -0.304 e. The molecule has 1 aliphatic rings. The lowest BCUT2D eigenvalue weighted by atomic mass is 10.1. The van der Waals surface area contributed by atoms with Crippen LogP contribution in [0.2, 0.25) is 5.02 Å². The molecule has 0 aliphatic carbocycles. The van der Waals surface area contributed by atoms with Crippen molar-refractivity contribution in [2.24, 2.45) is 0 Å². The van der Waals surface area contributed by atoms with Gasteiger partial charge in [0.2, 0.25) is 0 Å². The van der Waals surface area contributed by atoms with E-state index in [2.05, 4.69) is 41.1 Å². The summed E-state index contributed by atoms with van der Waals surface area (Å²) in [5, 5.41) is 1.76. The zero-order valence-corrected chi connectivity index (χ0v) is 15.2. The van der Waals surface area contributed by atoms with Gasteiger partial charge in [0.15, 0.2) is 0 Å². The molecule has 1 fully saturated rings. The van der Waals surface area contributed by atoms with Crippen LogP contribution in [0.3, 0.4) is 0 Å². The molecular formula is C21H22ClN3. The van der Waals surface area contributed by atoms with E-state index in [1.165, 1.54) is 5.56 Å². The van der Waals surface area contributed by atoms with Crippen molar-refractivity contribution in [3.63, 3.8) is 0 Å². The largest absolute Gasteiger partial charge is 0.304 e. The molecule has 0 N–H and O–H groups in total. The lowest BCUT2D eigenvalue weighted by Gasteiger charge is -2.32. The van der Waals surface area contributed by atoms with Gasteiger partial charge < -0.3 is 4.90 Å². The maximum atomic E-state index is 6.47. The molecule has 0 unspecified atom stereocenters. The number of likely N-dealkylation sites (N-methyl/N-ethyl adjacent to an activating group) is 1. The van der Waals surface area contributed by atoms with Crippen LogP contribution in [0.4, 0.5) is 0 Å². The molecule has 1 aliphatic heterocycles. The highest BCUT2D eigenvalue weighted by Gasteiger charge is 2.14. The second-order valence-corrected chi connectivity index (χ2v) is 7.19. The fourth-order valence-corrected chi connectivity index (χ4v) is 3.64. The van der Waals surface area contributed by atoms with Crippen LogP contribution in [0, 0.1) is 0 Å². The van der Waals surface area contributed by atoms with Crippen molar-refractivity contribution >= 4 is 22.5 Å². The number of halogens is 1. The van der Waals surface area contributed by atoms with Gasteiger partial charge in [-0.3, -0.25) is 4.90 Å². The van der Waals surface area contributed by atoms with E-state index >= 15 is 0 Å². The van der Waals surface area contributed by atoms with Gasteiger partial charge in [0.25, 0.3) is 0 Å². The number of piperazine rings is 1. The Balaban J connectivity index is 1.61. The van der Waals surface area contributed by atoms with Crippen LogP contribution < -0.4 is 0 Å². The van der Waals surface area contributed by atoms with Crippen LogP contribution >= 0.6 is 11.6 Å². The van der Waals surface area contributed by atoms with E-state index in [9.17, 15) is 0 Å². The van der Waals surface area contributed by atoms with Gasteiger partial charge in [-0.15, -0.1) is 0 Å². The Kier molecular flexibility index (Phi) is 4.71. The number of hydrogen-bond acceptors (Lipinski definition) is 3. The Morgan fingerprint density at radius 3 is 2.60 bits per heavy atom. The van der Waals surface area contributed by atoms with E-state index in [0.29, 0.717) is 0 Å². The molecule has 25 heavy (non-hydrogen) atoms. The number of rotatable bonds is 3. The predicted molar refractivity (Wildman–Crippen MR) is 105 cm³/mol. The van der Waals surface area contributed by atoms with Crippen molar-refractivity contribution in [3.05, 3.63) is 65.2 Å². The number of fused-ring (bicyclic) bond motifs is 1. The fraction of sp³-hybridized carbons (Fsp3) is 0.286. The molecule has 0 bridgehead atoms. The van der Waals surface area contributed by atoms with Crippen LogP contribution in [0.15, 0.2) is 54.6 Å². The first-order valence-electron chi connectivity index (χ1n) is 8.74. The topological polar surface area (TPSA) is 19.4 Å². The van der Waals surface area contributed by atoms with Crippen molar-refractivity contribution in [3.8, 4) is 11.3 Å². The van der Waals surface area contributed by atoms with E-state index in [1.54, 1.807) is 0 Å². The highest BCUT2D eigenvalue weighted by molar-refractivity contribution is 6.35. The number of pyridine rings is 1. The summed E-state index contributed by atoms with van der Waals surface area (Å²) in [7, 11) is 2.19. The number of benzene rings is 2. The standard InChI is InChI=1S/C21H22ClN3/c1-24-9-11-25(12-10-24)15-16-5-4-6-17(13-16)21-14-19(22)18-7-2-3-8-20(18)23-21/h2-8,13-14H,9-12,15H2,1H3. The van der Waals surface area contributed by atoms with Gasteiger partial charge in [-0.05, 0) is 30.8 Å². The number of hydrogen-bond donors (Lipinski definition) is 0. The van der Waals surface area contributed by atoms with E-state index in [4.69, 9.17) is 16.6 Å². The molecule has 3 aromatic rings. The first-order chi connectivity index (χ1) is 12.2. The third-order valence-corrected chi connectivity index (χ3v) is 5.20. The van der Waals surface area contributed by atoms with E-state index in [-0.39, 0.29) is 0 Å². The zero-order valence-electron chi connectivity index (χ0n) is 14.5. The van der Waals surface area contributed by atoms with Gasteiger partial charge >= 0.3 is 0 Å². The molecule has 4 heteroatoms. The quantitative estimate of drug-likeness (QED) is 0.701. The summed E-state index contributed by atoms with van der Waals surface area (Å²) in [4.78, 5) is 9.70. The fourth-order valence-electron chi connectivity index (χ4n) is 3.37. The average Bonchev–Trinajstić information content (AvgIpc) is 2.64. The predicted octanol–water partition coefficient (Wildman–Crippen LogP) is 4.30. The molecule has 0 saturated carbocycles. The van der Waals surface area contributed by atoms with Crippen molar-refractivity contribution in [1.82, 2.24) is 14.8 Å². The minimum atomic E-state index is 0.755. The van der Waals surface area contributed by atoms with Crippen molar-refractivity contribution in [2.45, 2.75) is 6.54 Å². The van der Waals surface area contributed by atoms with Crippen molar-refractivity contribution < 1.29 is 0 Å². The first kappa shape index (κ1) is 16.5. The highest BCUT2D eigenvalue weighted by atomic mass is 35.5. The highest BCUT2D eigenvalue weighted by Crippen LogP contribution is 2.28. The lowest BCUT2D eigenvalue weighted by Crippen LogP contribution is -2.43. The summed E-state index contributed by atoms with van der Waals surface area (Å²) < 4.78 is 0. The Labute approximate surface area is 153 Å². The third kappa shape index (κ3) is 3.69.